The van der Waals surface area contributed by atoms with Gasteiger partial charge in [0.1, 0.15) is 6.61 Å². The lowest BCUT2D eigenvalue weighted by Crippen LogP contribution is -2.41. The average Bonchev–Trinajstić information content (AvgIpc) is 2.22. The first-order valence-corrected chi connectivity index (χ1v) is 5.91. The van der Waals surface area contributed by atoms with Gasteiger partial charge in [0.15, 0.2) is 0 Å². The molecule has 0 saturated heterocycles. The first-order chi connectivity index (χ1) is 7.86. The predicted octanol–water partition coefficient (Wildman–Crippen LogP) is 0.209. The van der Waals surface area contributed by atoms with Gasteiger partial charge in [0, 0.05) is 0 Å². The highest BCUT2D eigenvalue weighted by atomic mass is 32.2. The lowest BCUT2D eigenvalue weighted by molar-refractivity contribution is -0.169. The molecule has 0 aromatic rings. The van der Waals surface area contributed by atoms with Crippen LogP contribution in [0.25, 0.3) is 0 Å². The van der Waals surface area contributed by atoms with E-state index in [4.69, 9.17) is 4.55 Å². The van der Waals surface area contributed by atoms with E-state index in [1.165, 1.54) is 13.8 Å². The van der Waals surface area contributed by atoms with Gasteiger partial charge in [-0.15, -0.1) is 0 Å². The first kappa shape index (κ1) is 16.7. The molecule has 0 saturated carbocycles. The van der Waals surface area contributed by atoms with Crippen LogP contribution in [-0.2, 0) is 29.2 Å². The Balaban J connectivity index is 4.78. The Kier molecular flexibility index (Phi) is 4.77. The number of alkyl halides is 2. The summed E-state index contributed by atoms with van der Waals surface area (Å²) in [4.78, 5) is 21.9. The maximum Gasteiger partial charge on any atom is 0.465 e. The summed E-state index contributed by atoms with van der Waals surface area (Å²) in [5, 5.41) is -5.08. The van der Waals surface area contributed by atoms with Crippen molar-refractivity contribution < 1.29 is 40.8 Å². The van der Waals surface area contributed by atoms with Gasteiger partial charge < -0.3 is 9.47 Å². The Morgan fingerprint density at radius 1 is 1.22 bits per heavy atom. The third-order valence-electron chi connectivity index (χ3n) is 1.86. The lowest BCUT2D eigenvalue weighted by atomic mass is 9.95. The summed E-state index contributed by atoms with van der Waals surface area (Å²) in [5.41, 5.74) is -1.43. The molecule has 0 aromatic carbocycles. The minimum atomic E-state index is -5.92. The Morgan fingerprint density at radius 2 is 1.67 bits per heavy atom. The average molecular weight is 290 g/mol. The largest absolute Gasteiger partial charge is 0.469 e. The Hall–Kier alpha value is -1.29. The van der Waals surface area contributed by atoms with E-state index in [0.29, 0.717) is 0 Å². The zero-order chi connectivity index (χ0) is 14.8. The van der Waals surface area contributed by atoms with E-state index in [1.54, 1.807) is 0 Å². The number of carbonyl (C=O) groups is 2. The van der Waals surface area contributed by atoms with Gasteiger partial charge >= 0.3 is 27.3 Å². The molecule has 7 nitrogen and oxygen atoms in total. The second-order valence-corrected chi connectivity index (χ2v) is 5.41. The summed E-state index contributed by atoms with van der Waals surface area (Å²) in [6.07, 6.45) is 0. The Bertz CT molecular complexity index is 440. The van der Waals surface area contributed by atoms with Gasteiger partial charge in [0.05, 0.1) is 12.5 Å². The van der Waals surface area contributed by atoms with Crippen molar-refractivity contribution in [3.8, 4) is 0 Å². The maximum absolute atomic E-state index is 12.8. The maximum atomic E-state index is 12.8. The van der Waals surface area contributed by atoms with E-state index in [9.17, 15) is 26.8 Å². The van der Waals surface area contributed by atoms with E-state index in [-0.39, 0.29) is 0 Å². The van der Waals surface area contributed by atoms with Crippen molar-refractivity contribution in [2.45, 2.75) is 19.1 Å². The SMILES string of the molecule is COC(=O)C(C)(C)COC(=O)C(F)(F)S(=O)(=O)O. The molecule has 0 unspecified atom stereocenters. The predicted molar refractivity (Wildman–Crippen MR) is 53.3 cm³/mol. The van der Waals surface area contributed by atoms with E-state index in [1.807, 2.05) is 0 Å². The third kappa shape index (κ3) is 3.60. The van der Waals surface area contributed by atoms with Crippen molar-refractivity contribution in [2.75, 3.05) is 13.7 Å². The quantitative estimate of drug-likeness (QED) is 0.569. The molecule has 0 rings (SSSR count). The molecular formula is C8H12F2O7S. The standard InChI is InChI=1S/C8H12F2O7S/c1-7(2,5(11)16-3)4-17-6(12)8(9,10)18(13,14)15/h4H2,1-3H3,(H,13,14,15). The highest BCUT2D eigenvalue weighted by Gasteiger charge is 2.54. The van der Waals surface area contributed by atoms with Crippen LogP contribution in [-0.4, -0.2) is 43.9 Å². The number of esters is 2. The van der Waals surface area contributed by atoms with Crippen molar-refractivity contribution in [1.29, 1.82) is 0 Å². The van der Waals surface area contributed by atoms with Crippen LogP contribution in [0.2, 0.25) is 0 Å². The smallest absolute Gasteiger partial charge is 0.465 e. The summed E-state index contributed by atoms with van der Waals surface area (Å²) in [6.45, 7) is 1.64. The number of halogens is 2. The van der Waals surface area contributed by atoms with Crippen LogP contribution < -0.4 is 0 Å². The number of methoxy groups -OCH3 is 1. The van der Waals surface area contributed by atoms with E-state index < -0.39 is 39.3 Å². The Labute approximate surface area is 102 Å². The lowest BCUT2D eigenvalue weighted by Gasteiger charge is -2.21. The van der Waals surface area contributed by atoms with Crippen LogP contribution in [0.3, 0.4) is 0 Å². The van der Waals surface area contributed by atoms with Crippen LogP contribution in [0.4, 0.5) is 8.78 Å². The summed E-state index contributed by atoms with van der Waals surface area (Å²) in [7, 11) is -4.88. The van der Waals surface area contributed by atoms with Crippen LogP contribution in [0.5, 0.6) is 0 Å². The summed E-state index contributed by atoms with van der Waals surface area (Å²) < 4.78 is 62.4. The fourth-order valence-electron chi connectivity index (χ4n) is 0.771. The molecule has 1 N–H and O–H groups in total. The molecular weight excluding hydrogens is 278 g/mol. The van der Waals surface area contributed by atoms with E-state index in [2.05, 4.69) is 9.47 Å². The topological polar surface area (TPSA) is 107 Å². The molecule has 106 valence electrons. The number of ether oxygens (including phenoxy) is 2. The van der Waals surface area contributed by atoms with Gasteiger partial charge in [-0.2, -0.15) is 17.2 Å². The van der Waals surface area contributed by atoms with Crippen LogP contribution in [0.1, 0.15) is 13.8 Å². The van der Waals surface area contributed by atoms with Gasteiger partial charge in [-0.25, -0.2) is 4.79 Å². The summed E-state index contributed by atoms with van der Waals surface area (Å²) in [6, 6.07) is 0. The number of carbonyl (C=O) groups excluding carboxylic acids is 2. The van der Waals surface area contributed by atoms with Crippen molar-refractivity contribution in [3.05, 3.63) is 0 Å². The molecule has 18 heavy (non-hydrogen) atoms. The molecule has 0 amide bonds. The first-order valence-electron chi connectivity index (χ1n) is 4.46. The van der Waals surface area contributed by atoms with Gasteiger partial charge in [0.2, 0.25) is 0 Å². The monoisotopic (exact) mass is 290 g/mol. The van der Waals surface area contributed by atoms with Crippen molar-refractivity contribution in [1.82, 2.24) is 0 Å². The Morgan fingerprint density at radius 3 is 2.00 bits per heavy atom. The van der Waals surface area contributed by atoms with Crippen LogP contribution >= 0.6 is 0 Å². The molecule has 0 aliphatic rings. The van der Waals surface area contributed by atoms with Gasteiger partial charge in [0.25, 0.3) is 0 Å². The van der Waals surface area contributed by atoms with Crippen LogP contribution in [0, 0.1) is 5.41 Å². The molecule has 0 aliphatic carbocycles. The van der Waals surface area contributed by atoms with E-state index in [0.717, 1.165) is 7.11 Å². The molecule has 0 aliphatic heterocycles. The van der Waals surface area contributed by atoms with Crippen molar-refractivity contribution in [3.63, 3.8) is 0 Å². The molecule has 0 fully saturated rings. The summed E-state index contributed by atoms with van der Waals surface area (Å²) in [5.74, 6) is -3.31. The highest BCUT2D eigenvalue weighted by Crippen LogP contribution is 2.24. The molecule has 0 spiro atoms. The fraction of sp³-hybridized carbons (Fsp3) is 0.750. The molecule has 0 bridgehead atoms. The molecule has 0 radical (unpaired) electrons. The highest BCUT2D eigenvalue weighted by molar-refractivity contribution is 7.87. The van der Waals surface area contributed by atoms with Gasteiger partial charge in [-0.1, -0.05) is 0 Å². The third-order valence-corrected chi connectivity index (χ3v) is 2.68. The van der Waals surface area contributed by atoms with Crippen molar-refractivity contribution in [2.24, 2.45) is 5.41 Å². The number of hydrogen-bond donors (Lipinski definition) is 1. The van der Waals surface area contributed by atoms with Crippen LogP contribution in [0.15, 0.2) is 0 Å². The minimum absolute atomic E-state index is 0.830. The normalized spacial score (nSPS) is 13.0. The fourth-order valence-corrected chi connectivity index (χ4v) is 1.04. The van der Waals surface area contributed by atoms with Gasteiger partial charge in [-0.3, -0.25) is 9.35 Å². The summed E-state index contributed by atoms with van der Waals surface area (Å²) >= 11 is 0. The van der Waals surface area contributed by atoms with Gasteiger partial charge in [-0.05, 0) is 13.8 Å². The minimum Gasteiger partial charge on any atom is -0.469 e. The molecule has 10 heteroatoms. The number of hydrogen-bond acceptors (Lipinski definition) is 6. The molecule has 0 atom stereocenters. The second kappa shape index (κ2) is 5.14. The van der Waals surface area contributed by atoms with E-state index >= 15 is 0 Å². The zero-order valence-electron chi connectivity index (χ0n) is 9.77. The number of rotatable bonds is 5. The molecule has 0 aromatic heterocycles. The molecule has 0 heterocycles. The zero-order valence-corrected chi connectivity index (χ0v) is 10.6. The second-order valence-electron chi connectivity index (χ2n) is 3.94. The van der Waals surface area contributed by atoms with Crippen molar-refractivity contribution >= 4 is 22.1 Å².